The Morgan fingerprint density at radius 2 is 1.24 bits per heavy atom. The Bertz CT molecular complexity index is 1600. The number of nitrogens with two attached hydrogens (primary N) is 2. The van der Waals surface area contributed by atoms with Crippen molar-refractivity contribution >= 4 is 17.7 Å². The highest BCUT2D eigenvalue weighted by Crippen LogP contribution is 2.38. The number of amides is 3. The molecule has 2 aliphatic rings. The van der Waals surface area contributed by atoms with Gasteiger partial charge in [0.25, 0.3) is 0 Å². The van der Waals surface area contributed by atoms with Gasteiger partial charge in [0.05, 0.1) is 5.92 Å². The predicted octanol–water partition coefficient (Wildman–Crippen LogP) is 3.90. The minimum Gasteiger partial charge on any atom is -0.368 e. The Morgan fingerprint density at radius 3 is 1.83 bits per heavy atom. The molecule has 7 nitrogen and oxygen atoms in total. The summed E-state index contributed by atoms with van der Waals surface area (Å²) < 4.78 is 0. The summed E-state index contributed by atoms with van der Waals surface area (Å²) in [5, 5.41) is 0. The van der Waals surface area contributed by atoms with Gasteiger partial charge < -0.3 is 21.3 Å². The van der Waals surface area contributed by atoms with Gasteiger partial charge in [-0.3, -0.25) is 14.4 Å². The molecule has 3 amide bonds. The van der Waals surface area contributed by atoms with Crippen molar-refractivity contribution < 1.29 is 14.4 Å². The van der Waals surface area contributed by atoms with Crippen molar-refractivity contribution in [1.82, 2.24) is 9.80 Å². The Labute approximate surface area is 245 Å². The first kappa shape index (κ1) is 27.4. The molecule has 0 fully saturated rings. The first-order valence-electron chi connectivity index (χ1n) is 14.3. The molecule has 2 unspecified atom stereocenters. The van der Waals surface area contributed by atoms with Crippen LogP contribution in [-0.2, 0) is 46.9 Å². The molecule has 42 heavy (non-hydrogen) atoms. The molecule has 0 aliphatic carbocycles. The lowest BCUT2D eigenvalue weighted by Gasteiger charge is -2.40. The zero-order valence-corrected chi connectivity index (χ0v) is 23.4. The minimum atomic E-state index is -1.60. The summed E-state index contributed by atoms with van der Waals surface area (Å²) in [6, 6.07) is 33.6. The molecule has 2 aliphatic heterocycles. The number of benzene rings is 4. The third-order valence-electron chi connectivity index (χ3n) is 8.62. The second-order valence-electron chi connectivity index (χ2n) is 11.3. The molecule has 3 atom stereocenters. The number of primary amides is 1. The molecule has 4 N–H and O–H groups in total. The monoisotopic (exact) mass is 558 g/mol. The molecule has 7 heteroatoms. The van der Waals surface area contributed by atoms with Crippen molar-refractivity contribution in [2.75, 3.05) is 0 Å². The summed E-state index contributed by atoms with van der Waals surface area (Å²) >= 11 is 0. The van der Waals surface area contributed by atoms with Crippen LogP contribution in [-0.4, -0.2) is 33.1 Å². The van der Waals surface area contributed by atoms with Crippen LogP contribution in [0.2, 0.25) is 0 Å². The fourth-order valence-corrected chi connectivity index (χ4v) is 6.49. The molecule has 4 aromatic rings. The van der Waals surface area contributed by atoms with Crippen molar-refractivity contribution in [3.8, 4) is 0 Å². The van der Waals surface area contributed by atoms with Crippen LogP contribution in [0, 0.1) is 5.92 Å². The molecule has 4 aromatic carbocycles. The van der Waals surface area contributed by atoms with Gasteiger partial charge >= 0.3 is 0 Å². The van der Waals surface area contributed by atoms with Gasteiger partial charge in [-0.1, -0.05) is 109 Å². The van der Waals surface area contributed by atoms with E-state index in [1.165, 1.54) is 4.90 Å². The van der Waals surface area contributed by atoms with Crippen molar-refractivity contribution in [2.24, 2.45) is 17.4 Å². The van der Waals surface area contributed by atoms with Crippen LogP contribution in [0.4, 0.5) is 0 Å². The van der Waals surface area contributed by atoms with Crippen LogP contribution in [0.3, 0.4) is 0 Å². The summed E-state index contributed by atoms with van der Waals surface area (Å²) in [4.78, 5) is 45.5. The van der Waals surface area contributed by atoms with E-state index < -0.39 is 23.4 Å². The SMILES string of the molecule is NC(=O)C1c2ccccc2CN1C(=O)[C@@H](Cc1ccccc1)C(N)(Cc1ccccc1)C(=O)N1Cc2ccccc2C1. The summed E-state index contributed by atoms with van der Waals surface area (Å²) in [5.41, 5.74) is 17.1. The summed E-state index contributed by atoms with van der Waals surface area (Å²) in [7, 11) is 0. The van der Waals surface area contributed by atoms with Gasteiger partial charge in [-0.25, -0.2) is 0 Å². The standard InChI is InChI=1S/C35H34N4O3/c36-32(40)31-29-18-10-9-17-28(29)23-39(31)33(41)30(19-24-11-3-1-4-12-24)35(37,20-25-13-5-2-6-14-25)34(42)38-21-26-15-7-8-16-27(26)22-38/h1-18,30-31H,19-23,37H2,(H2,36,40)/t30-,31?,35?/m1/s1. The molecule has 0 spiro atoms. The molecule has 0 saturated carbocycles. The van der Waals surface area contributed by atoms with E-state index in [0.29, 0.717) is 18.7 Å². The van der Waals surface area contributed by atoms with Crippen LogP contribution < -0.4 is 11.5 Å². The third kappa shape index (κ3) is 5.08. The number of rotatable bonds is 8. The molecular weight excluding hydrogens is 524 g/mol. The van der Waals surface area contributed by atoms with E-state index in [-0.39, 0.29) is 31.2 Å². The van der Waals surface area contributed by atoms with Crippen molar-refractivity contribution in [3.05, 3.63) is 143 Å². The van der Waals surface area contributed by atoms with E-state index in [2.05, 4.69) is 0 Å². The van der Waals surface area contributed by atoms with Crippen LogP contribution in [0.5, 0.6) is 0 Å². The number of hydrogen-bond donors (Lipinski definition) is 2. The van der Waals surface area contributed by atoms with Crippen molar-refractivity contribution in [1.29, 1.82) is 0 Å². The molecular formula is C35H34N4O3. The maximum Gasteiger partial charge on any atom is 0.244 e. The quantitative estimate of drug-likeness (QED) is 0.342. The third-order valence-corrected chi connectivity index (χ3v) is 8.62. The Morgan fingerprint density at radius 1 is 0.714 bits per heavy atom. The van der Waals surface area contributed by atoms with Crippen LogP contribution in [0.1, 0.15) is 39.4 Å². The van der Waals surface area contributed by atoms with E-state index in [0.717, 1.165) is 27.8 Å². The largest absolute Gasteiger partial charge is 0.368 e. The Hall–Kier alpha value is -4.75. The summed E-state index contributed by atoms with van der Waals surface area (Å²) in [5.74, 6) is -2.22. The fourth-order valence-electron chi connectivity index (χ4n) is 6.49. The van der Waals surface area contributed by atoms with Crippen molar-refractivity contribution in [2.45, 2.75) is 44.1 Å². The van der Waals surface area contributed by atoms with E-state index in [1.54, 1.807) is 4.90 Å². The van der Waals surface area contributed by atoms with Gasteiger partial charge in [0.15, 0.2) is 0 Å². The first-order valence-corrected chi connectivity index (χ1v) is 14.3. The lowest BCUT2D eigenvalue weighted by Crippen LogP contribution is -2.64. The lowest BCUT2D eigenvalue weighted by atomic mass is 9.74. The second kappa shape index (κ2) is 11.3. The van der Waals surface area contributed by atoms with Gasteiger partial charge in [0.1, 0.15) is 11.6 Å². The highest BCUT2D eigenvalue weighted by molar-refractivity contribution is 5.97. The van der Waals surface area contributed by atoms with Crippen LogP contribution in [0.15, 0.2) is 109 Å². The van der Waals surface area contributed by atoms with Gasteiger partial charge in [-0.15, -0.1) is 0 Å². The average molecular weight is 559 g/mol. The average Bonchev–Trinajstić information content (AvgIpc) is 3.62. The first-order chi connectivity index (χ1) is 20.3. The predicted molar refractivity (Wildman–Crippen MR) is 160 cm³/mol. The van der Waals surface area contributed by atoms with Crippen LogP contribution in [0.25, 0.3) is 0 Å². The van der Waals surface area contributed by atoms with Gasteiger partial charge in [-0.05, 0) is 39.8 Å². The van der Waals surface area contributed by atoms with E-state index in [9.17, 15) is 14.4 Å². The van der Waals surface area contributed by atoms with E-state index >= 15 is 0 Å². The molecule has 0 bridgehead atoms. The number of nitrogens with zero attached hydrogens (tertiary/aromatic N) is 2. The lowest BCUT2D eigenvalue weighted by molar-refractivity contribution is -0.151. The van der Waals surface area contributed by atoms with Crippen molar-refractivity contribution in [3.63, 3.8) is 0 Å². The Balaban J connectivity index is 1.44. The zero-order valence-electron chi connectivity index (χ0n) is 23.4. The Kier molecular flexibility index (Phi) is 7.35. The minimum absolute atomic E-state index is 0.158. The zero-order chi connectivity index (χ0) is 29.3. The van der Waals surface area contributed by atoms with Gasteiger partial charge in [0, 0.05) is 26.1 Å². The molecule has 0 radical (unpaired) electrons. The summed E-state index contributed by atoms with van der Waals surface area (Å²) in [6.07, 6.45) is 0.388. The number of fused-ring (bicyclic) bond motifs is 2. The highest BCUT2D eigenvalue weighted by atomic mass is 16.2. The smallest absolute Gasteiger partial charge is 0.244 e. The molecule has 212 valence electrons. The maximum absolute atomic E-state index is 14.8. The number of carbonyl (C=O) groups excluding carboxylic acids is 3. The van der Waals surface area contributed by atoms with E-state index in [4.69, 9.17) is 11.5 Å². The molecule has 0 saturated heterocycles. The van der Waals surface area contributed by atoms with Crippen LogP contribution >= 0.6 is 0 Å². The van der Waals surface area contributed by atoms with Gasteiger partial charge in [0.2, 0.25) is 17.7 Å². The molecule has 0 aromatic heterocycles. The normalized spacial score (nSPS) is 17.7. The topological polar surface area (TPSA) is 110 Å². The highest BCUT2D eigenvalue weighted by Gasteiger charge is 2.52. The molecule has 6 rings (SSSR count). The molecule has 2 heterocycles. The number of carbonyl (C=O) groups is 3. The summed E-state index contributed by atoms with van der Waals surface area (Å²) in [6.45, 7) is 1.07. The van der Waals surface area contributed by atoms with E-state index in [1.807, 2.05) is 109 Å². The number of hydrogen-bond acceptors (Lipinski definition) is 4. The second-order valence-corrected chi connectivity index (χ2v) is 11.3. The maximum atomic E-state index is 14.8. The van der Waals surface area contributed by atoms with Gasteiger partial charge in [-0.2, -0.15) is 0 Å². The fraction of sp³-hybridized carbons (Fsp3) is 0.229.